The average Bonchev–Trinajstić information content (AvgIpc) is 3.50. The van der Waals surface area contributed by atoms with E-state index in [-0.39, 0.29) is 17.1 Å². The summed E-state index contributed by atoms with van der Waals surface area (Å²) in [5, 5.41) is 5.08. The summed E-state index contributed by atoms with van der Waals surface area (Å²) < 4.78 is 6.78. The van der Waals surface area contributed by atoms with Gasteiger partial charge in [-0.15, -0.1) is 11.3 Å². The first-order valence-electron chi connectivity index (χ1n) is 10.9. The Morgan fingerprint density at radius 3 is 1.97 bits per heavy atom. The summed E-state index contributed by atoms with van der Waals surface area (Å²) in [4.78, 5) is 30.7. The minimum absolute atomic E-state index is 0.126. The second kappa shape index (κ2) is 7.07. The van der Waals surface area contributed by atoms with Crippen LogP contribution in [0.4, 0.5) is 0 Å². The molecule has 2 aromatic heterocycles. The van der Waals surface area contributed by atoms with Crippen LogP contribution in [-0.2, 0) is 0 Å². The van der Waals surface area contributed by atoms with Crippen molar-refractivity contribution < 1.29 is 14.0 Å². The molecule has 0 radical (unpaired) electrons. The first-order valence-corrected chi connectivity index (χ1v) is 11.7. The number of allylic oxidation sites excluding steroid dienone is 1. The van der Waals surface area contributed by atoms with Crippen LogP contribution in [0.3, 0.4) is 0 Å². The normalized spacial score (nSPS) is 13.4. The van der Waals surface area contributed by atoms with Gasteiger partial charge in [0.25, 0.3) is 0 Å². The summed E-state index contributed by atoms with van der Waals surface area (Å²) in [7, 11) is 0. The number of rotatable bonds is 2. The van der Waals surface area contributed by atoms with Crippen LogP contribution in [-0.4, -0.2) is 16.6 Å². The van der Waals surface area contributed by atoms with E-state index in [0.717, 1.165) is 31.4 Å². The molecule has 0 atom stereocenters. The van der Waals surface area contributed by atoms with Crippen LogP contribution in [0.15, 0.2) is 94.9 Å². The number of benzene rings is 4. The Kier molecular flexibility index (Phi) is 3.98. The van der Waals surface area contributed by atoms with E-state index < -0.39 is 0 Å². The van der Waals surface area contributed by atoms with Crippen molar-refractivity contribution in [1.82, 2.24) is 4.98 Å². The SMILES string of the molecule is O=C1C(=Cc2cc3sc(-c4ccc5ccccc5c4)nc3o2)C(=O)c2cc3ccccc3cc21. The highest BCUT2D eigenvalue weighted by Gasteiger charge is 2.33. The fraction of sp³-hybridized carbons (Fsp3) is 0. The molecule has 0 N–H and O–H groups in total. The predicted molar refractivity (Wildman–Crippen MR) is 135 cm³/mol. The van der Waals surface area contributed by atoms with E-state index in [9.17, 15) is 9.59 Å². The number of Topliss-reactive ketones (excluding diaryl/α,β-unsaturated/α-hetero) is 2. The summed E-state index contributed by atoms with van der Waals surface area (Å²) >= 11 is 1.52. The Labute approximate surface area is 197 Å². The van der Waals surface area contributed by atoms with E-state index in [0.29, 0.717) is 22.6 Å². The monoisotopic (exact) mass is 457 g/mol. The Morgan fingerprint density at radius 2 is 1.32 bits per heavy atom. The maximum absolute atomic E-state index is 13.0. The van der Waals surface area contributed by atoms with E-state index >= 15 is 0 Å². The predicted octanol–water partition coefficient (Wildman–Crippen LogP) is 7.33. The van der Waals surface area contributed by atoms with Crippen LogP contribution in [0.2, 0.25) is 0 Å². The zero-order valence-corrected chi connectivity index (χ0v) is 18.6. The highest BCUT2D eigenvalue weighted by atomic mass is 32.1. The number of fused-ring (bicyclic) bond motifs is 4. The molecule has 0 amide bonds. The number of ketones is 2. The molecule has 5 heteroatoms. The number of carbonyl (C=O) groups excluding carboxylic acids is 2. The number of carbonyl (C=O) groups is 2. The van der Waals surface area contributed by atoms with Gasteiger partial charge < -0.3 is 4.42 Å². The van der Waals surface area contributed by atoms with E-state index in [1.54, 1.807) is 18.2 Å². The molecular formula is C29H15NO3S. The smallest absolute Gasteiger partial charge is 0.238 e. The molecule has 0 fully saturated rings. The molecule has 0 unspecified atom stereocenters. The van der Waals surface area contributed by atoms with Gasteiger partial charge in [0, 0.05) is 22.8 Å². The molecule has 4 aromatic carbocycles. The molecular weight excluding hydrogens is 442 g/mol. The minimum atomic E-state index is -0.268. The lowest BCUT2D eigenvalue weighted by molar-refractivity contribution is 0.0990. The van der Waals surface area contributed by atoms with Gasteiger partial charge >= 0.3 is 0 Å². The zero-order valence-electron chi connectivity index (χ0n) is 17.7. The first-order chi connectivity index (χ1) is 16.6. The first kappa shape index (κ1) is 19.1. The van der Waals surface area contributed by atoms with Gasteiger partial charge in [0.05, 0.1) is 10.3 Å². The molecule has 0 spiro atoms. The van der Waals surface area contributed by atoms with Gasteiger partial charge in [-0.2, -0.15) is 0 Å². The quantitative estimate of drug-likeness (QED) is 0.202. The van der Waals surface area contributed by atoms with Crippen LogP contribution in [0, 0.1) is 0 Å². The van der Waals surface area contributed by atoms with Gasteiger partial charge in [0.1, 0.15) is 10.8 Å². The van der Waals surface area contributed by atoms with Gasteiger partial charge in [-0.25, -0.2) is 4.98 Å². The van der Waals surface area contributed by atoms with Crippen molar-refractivity contribution in [3.63, 3.8) is 0 Å². The van der Waals surface area contributed by atoms with Gasteiger partial charge in [-0.3, -0.25) is 9.59 Å². The second-order valence-corrected chi connectivity index (χ2v) is 9.39. The minimum Gasteiger partial charge on any atom is -0.437 e. The number of thiazole rings is 1. The largest absolute Gasteiger partial charge is 0.437 e. The number of hydrogen-bond donors (Lipinski definition) is 0. The number of furan rings is 1. The van der Waals surface area contributed by atoms with E-state index in [4.69, 9.17) is 4.42 Å². The Balaban J connectivity index is 1.25. The van der Waals surface area contributed by atoms with Gasteiger partial charge in [0.2, 0.25) is 5.71 Å². The number of aromatic nitrogens is 1. The molecule has 4 nitrogen and oxygen atoms in total. The Hall–Kier alpha value is -4.35. The fourth-order valence-corrected chi connectivity index (χ4v) is 5.48. The van der Waals surface area contributed by atoms with E-state index in [1.807, 2.05) is 42.5 Å². The van der Waals surface area contributed by atoms with Crippen molar-refractivity contribution in [2.45, 2.75) is 0 Å². The molecule has 0 saturated heterocycles. The second-order valence-electron chi connectivity index (χ2n) is 8.36. The zero-order chi connectivity index (χ0) is 22.8. The van der Waals surface area contributed by atoms with Gasteiger partial charge in [-0.05, 0) is 45.8 Å². The maximum Gasteiger partial charge on any atom is 0.238 e. The lowest BCUT2D eigenvalue weighted by atomic mass is 10.0. The summed E-state index contributed by atoms with van der Waals surface area (Å²) in [5.74, 6) is -0.0847. The van der Waals surface area contributed by atoms with Crippen molar-refractivity contribution in [3.8, 4) is 10.6 Å². The van der Waals surface area contributed by atoms with Crippen molar-refractivity contribution in [2.75, 3.05) is 0 Å². The van der Waals surface area contributed by atoms with Crippen LogP contribution in [0.25, 0.3) is 48.6 Å². The van der Waals surface area contributed by atoms with Crippen molar-refractivity contribution in [1.29, 1.82) is 0 Å². The summed E-state index contributed by atoms with van der Waals surface area (Å²) in [5.41, 5.74) is 2.54. The van der Waals surface area contributed by atoms with Gasteiger partial charge in [0.15, 0.2) is 11.6 Å². The summed E-state index contributed by atoms with van der Waals surface area (Å²) in [6, 6.07) is 27.6. The summed E-state index contributed by atoms with van der Waals surface area (Å²) in [6.45, 7) is 0. The maximum atomic E-state index is 13.0. The van der Waals surface area contributed by atoms with E-state index in [2.05, 4.69) is 35.3 Å². The lowest BCUT2D eigenvalue weighted by Crippen LogP contribution is -1.99. The highest BCUT2D eigenvalue weighted by molar-refractivity contribution is 7.21. The topological polar surface area (TPSA) is 60.2 Å². The van der Waals surface area contributed by atoms with Gasteiger partial charge in [-0.1, -0.05) is 60.7 Å². The summed E-state index contributed by atoms with van der Waals surface area (Å²) in [6.07, 6.45) is 1.54. The molecule has 0 bridgehead atoms. The third-order valence-corrected chi connectivity index (χ3v) is 7.29. The van der Waals surface area contributed by atoms with Crippen LogP contribution < -0.4 is 0 Å². The molecule has 34 heavy (non-hydrogen) atoms. The third-order valence-electron chi connectivity index (χ3n) is 6.26. The molecule has 2 heterocycles. The number of nitrogens with zero attached hydrogens (tertiary/aromatic N) is 1. The lowest BCUT2D eigenvalue weighted by Gasteiger charge is -2.00. The molecule has 160 valence electrons. The van der Waals surface area contributed by atoms with E-state index in [1.165, 1.54) is 16.7 Å². The number of hydrogen-bond acceptors (Lipinski definition) is 5. The molecule has 0 aliphatic heterocycles. The third kappa shape index (κ3) is 2.87. The average molecular weight is 458 g/mol. The Bertz CT molecular complexity index is 1770. The van der Waals surface area contributed by atoms with Crippen LogP contribution in [0.5, 0.6) is 0 Å². The van der Waals surface area contributed by atoms with Crippen LogP contribution in [0.1, 0.15) is 26.5 Å². The molecule has 6 aromatic rings. The van der Waals surface area contributed by atoms with Crippen molar-refractivity contribution >= 4 is 60.9 Å². The molecule has 0 saturated carbocycles. The molecule has 1 aliphatic carbocycles. The van der Waals surface area contributed by atoms with Crippen molar-refractivity contribution in [3.05, 3.63) is 107 Å². The highest BCUT2D eigenvalue weighted by Crippen LogP contribution is 2.36. The van der Waals surface area contributed by atoms with Crippen LogP contribution >= 0.6 is 11.3 Å². The standard InChI is InChI=1S/C29H15NO3S/c31-26-22-12-18-7-3-4-8-19(18)13-23(22)27(32)24(26)14-21-15-25-28(33-21)30-29(34-25)20-10-9-16-5-1-2-6-17(16)11-20/h1-15H. The fourth-order valence-electron chi connectivity index (χ4n) is 4.55. The molecule has 7 rings (SSSR count). The Morgan fingerprint density at radius 1 is 0.706 bits per heavy atom. The van der Waals surface area contributed by atoms with Crippen molar-refractivity contribution in [2.24, 2.45) is 0 Å². The molecule has 1 aliphatic rings.